The van der Waals surface area contributed by atoms with Gasteiger partial charge in [-0.3, -0.25) is 9.69 Å². The number of hydrogen-bond donors (Lipinski definition) is 1. The van der Waals surface area contributed by atoms with Gasteiger partial charge in [-0.2, -0.15) is 5.26 Å². The number of nitriles is 1. The minimum absolute atomic E-state index is 0.0293. The molecular weight excluding hydrogens is 360 g/mol. The lowest BCUT2D eigenvalue weighted by Gasteiger charge is -2.27. The van der Waals surface area contributed by atoms with E-state index in [0.29, 0.717) is 0 Å². The second kappa shape index (κ2) is 10.7. The SMILES string of the molecule is CCCCn1c(SCC(=O)N[C@@](C)(C#N)C(C)C)nnc1[C@@H](CC)N(C)C. The lowest BCUT2D eigenvalue weighted by molar-refractivity contribution is -0.120. The van der Waals surface area contributed by atoms with E-state index < -0.39 is 5.54 Å². The Morgan fingerprint density at radius 2 is 2.04 bits per heavy atom. The highest BCUT2D eigenvalue weighted by molar-refractivity contribution is 7.99. The molecule has 0 saturated carbocycles. The number of unbranched alkanes of at least 4 members (excludes halogenated alkanes) is 1. The number of aromatic nitrogens is 3. The van der Waals surface area contributed by atoms with Crippen molar-refractivity contribution in [3.8, 4) is 6.07 Å². The fourth-order valence-electron chi connectivity index (χ4n) is 2.72. The summed E-state index contributed by atoms with van der Waals surface area (Å²) in [7, 11) is 4.09. The molecule has 152 valence electrons. The molecule has 0 fully saturated rings. The number of carbonyl (C=O) groups excluding carboxylic acids is 1. The van der Waals surface area contributed by atoms with Crippen LogP contribution in [0.3, 0.4) is 0 Å². The predicted molar refractivity (Wildman–Crippen MR) is 109 cm³/mol. The molecule has 0 aliphatic rings. The van der Waals surface area contributed by atoms with E-state index in [1.807, 2.05) is 27.9 Å². The maximum atomic E-state index is 12.4. The molecule has 0 aromatic carbocycles. The van der Waals surface area contributed by atoms with Crippen LogP contribution in [0.4, 0.5) is 0 Å². The van der Waals surface area contributed by atoms with Gasteiger partial charge in [0.2, 0.25) is 5.91 Å². The molecule has 1 aromatic rings. The zero-order valence-electron chi connectivity index (χ0n) is 17.7. The highest BCUT2D eigenvalue weighted by atomic mass is 32.2. The summed E-state index contributed by atoms with van der Waals surface area (Å²) in [5.74, 6) is 1.03. The minimum atomic E-state index is -0.864. The molecule has 0 unspecified atom stereocenters. The molecule has 0 aliphatic heterocycles. The molecule has 0 saturated heterocycles. The molecule has 1 rings (SSSR count). The first-order chi connectivity index (χ1) is 12.7. The molecule has 1 N–H and O–H groups in total. The summed E-state index contributed by atoms with van der Waals surface area (Å²) in [5.41, 5.74) is -0.864. The molecule has 2 atom stereocenters. The Bertz CT molecular complexity index is 651. The van der Waals surface area contributed by atoms with Gasteiger partial charge in [-0.15, -0.1) is 10.2 Å². The van der Waals surface area contributed by atoms with E-state index in [-0.39, 0.29) is 23.6 Å². The molecule has 1 heterocycles. The van der Waals surface area contributed by atoms with Crippen LogP contribution in [0.25, 0.3) is 0 Å². The van der Waals surface area contributed by atoms with E-state index in [4.69, 9.17) is 0 Å². The van der Waals surface area contributed by atoms with E-state index >= 15 is 0 Å². The first kappa shape index (κ1) is 23.4. The lowest BCUT2D eigenvalue weighted by Crippen LogP contribution is -2.49. The van der Waals surface area contributed by atoms with Crippen molar-refractivity contribution in [1.82, 2.24) is 25.0 Å². The van der Waals surface area contributed by atoms with Crippen LogP contribution >= 0.6 is 11.8 Å². The zero-order chi connectivity index (χ0) is 20.6. The number of nitrogens with zero attached hydrogens (tertiary/aromatic N) is 5. The van der Waals surface area contributed by atoms with Gasteiger partial charge < -0.3 is 9.88 Å². The zero-order valence-corrected chi connectivity index (χ0v) is 18.6. The quantitative estimate of drug-likeness (QED) is 0.580. The number of carbonyl (C=O) groups is 1. The summed E-state index contributed by atoms with van der Waals surface area (Å²) in [6, 6.07) is 2.40. The summed E-state index contributed by atoms with van der Waals surface area (Å²) >= 11 is 1.38. The van der Waals surface area contributed by atoms with Crippen molar-refractivity contribution in [3.63, 3.8) is 0 Å². The van der Waals surface area contributed by atoms with Crippen molar-refractivity contribution in [2.75, 3.05) is 19.8 Å². The Kier molecular flexibility index (Phi) is 9.27. The van der Waals surface area contributed by atoms with Crippen molar-refractivity contribution in [3.05, 3.63) is 5.82 Å². The topological polar surface area (TPSA) is 86.8 Å². The highest BCUT2D eigenvalue weighted by Crippen LogP contribution is 2.26. The maximum absolute atomic E-state index is 12.4. The normalized spacial score (nSPS) is 14.8. The van der Waals surface area contributed by atoms with E-state index in [1.165, 1.54) is 11.8 Å². The van der Waals surface area contributed by atoms with Crippen molar-refractivity contribution in [2.24, 2.45) is 5.92 Å². The van der Waals surface area contributed by atoms with Gasteiger partial charge in [0.05, 0.1) is 17.9 Å². The minimum Gasteiger partial charge on any atom is -0.337 e. The van der Waals surface area contributed by atoms with Gasteiger partial charge >= 0.3 is 0 Å². The summed E-state index contributed by atoms with van der Waals surface area (Å²) < 4.78 is 2.14. The van der Waals surface area contributed by atoms with E-state index in [1.54, 1.807) is 6.92 Å². The fourth-order valence-corrected chi connectivity index (χ4v) is 3.49. The van der Waals surface area contributed by atoms with Gasteiger partial charge in [0, 0.05) is 6.54 Å². The van der Waals surface area contributed by atoms with Crippen LogP contribution in [-0.4, -0.2) is 51.0 Å². The number of hydrogen-bond acceptors (Lipinski definition) is 6. The van der Waals surface area contributed by atoms with Crippen molar-refractivity contribution >= 4 is 17.7 Å². The van der Waals surface area contributed by atoms with Crippen LogP contribution in [-0.2, 0) is 11.3 Å². The molecule has 27 heavy (non-hydrogen) atoms. The average molecular weight is 395 g/mol. The molecule has 0 bridgehead atoms. The molecule has 8 heteroatoms. The van der Waals surface area contributed by atoms with E-state index in [9.17, 15) is 10.1 Å². The van der Waals surface area contributed by atoms with Crippen LogP contribution in [0.15, 0.2) is 5.16 Å². The Morgan fingerprint density at radius 1 is 1.37 bits per heavy atom. The number of nitrogens with one attached hydrogen (secondary N) is 1. The lowest BCUT2D eigenvalue weighted by atomic mass is 9.90. The predicted octanol–water partition coefficient (Wildman–Crippen LogP) is 3.24. The van der Waals surface area contributed by atoms with Gasteiger partial charge in [-0.05, 0) is 39.8 Å². The third kappa shape index (κ3) is 6.22. The van der Waals surface area contributed by atoms with Gasteiger partial charge in [0.25, 0.3) is 0 Å². The Morgan fingerprint density at radius 3 is 2.52 bits per heavy atom. The molecule has 0 radical (unpaired) electrons. The van der Waals surface area contributed by atoms with Crippen LogP contribution < -0.4 is 5.32 Å². The third-order valence-electron chi connectivity index (χ3n) is 4.91. The fraction of sp³-hybridized carbons (Fsp3) is 0.789. The standard InChI is InChI=1S/C19H34N6OS/c1-8-10-11-25-17(15(9-2)24(6)7)22-23-18(25)27-12-16(26)21-19(5,13-20)14(3)4/h14-15H,8-12H2,1-7H3,(H,21,26)/t15-,19+/m1/s1. The highest BCUT2D eigenvalue weighted by Gasteiger charge is 2.30. The number of rotatable bonds is 11. The van der Waals surface area contributed by atoms with Gasteiger partial charge in [-0.25, -0.2) is 0 Å². The van der Waals surface area contributed by atoms with Crippen molar-refractivity contribution < 1.29 is 4.79 Å². The Balaban J connectivity index is 2.92. The molecule has 7 nitrogen and oxygen atoms in total. The van der Waals surface area contributed by atoms with Crippen LogP contribution in [0.2, 0.25) is 0 Å². The van der Waals surface area contributed by atoms with E-state index in [2.05, 4.69) is 44.9 Å². The first-order valence-corrected chi connectivity index (χ1v) is 10.6. The van der Waals surface area contributed by atoms with Crippen molar-refractivity contribution in [1.29, 1.82) is 5.26 Å². The number of amides is 1. The summed E-state index contributed by atoms with van der Waals surface area (Å²) in [6.07, 6.45) is 3.06. The van der Waals surface area contributed by atoms with Crippen LogP contribution in [0, 0.1) is 17.2 Å². The monoisotopic (exact) mass is 394 g/mol. The number of thioether (sulfide) groups is 1. The van der Waals surface area contributed by atoms with Crippen LogP contribution in [0.5, 0.6) is 0 Å². The Labute approximate surface area is 167 Å². The largest absolute Gasteiger partial charge is 0.337 e. The first-order valence-electron chi connectivity index (χ1n) is 9.64. The molecular formula is C19H34N6OS. The summed E-state index contributed by atoms with van der Waals surface area (Å²) in [4.78, 5) is 14.5. The second-order valence-electron chi connectivity index (χ2n) is 7.54. The molecule has 0 aliphatic carbocycles. The molecule has 1 amide bonds. The Hall–Kier alpha value is -1.59. The van der Waals surface area contributed by atoms with Gasteiger partial charge in [0.1, 0.15) is 5.54 Å². The third-order valence-corrected chi connectivity index (χ3v) is 5.87. The molecule has 0 spiro atoms. The van der Waals surface area contributed by atoms with Crippen molar-refractivity contribution in [2.45, 2.75) is 77.2 Å². The van der Waals surface area contributed by atoms with Gasteiger partial charge in [-0.1, -0.05) is 45.9 Å². The average Bonchev–Trinajstić information content (AvgIpc) is 3.00. The van der Waals surface area contributed by atoms with Gasteiger partial charge in [0.15, 0.2) is 11.0 Å². The van der Waals surface area contributed by atoms with E-state index in [0.717, 1.165) is 36.8 Å². The second-order valence-corrected chi connectivity index (χ2v) is 8.48. The maximum Gasteiger partial charge on any atom is 0.231 e. The summed E-state index contributed by atoms with van der Waals surface area (Å²) in [5, 5.41) is 21.8. The summed E-state index contributed by atoms with van der Waals surface area (Å²) in [6.45, 7) is 10.7. The van der Waals surface area contributed by atoms with Crippen LogP contribution in [0.1, 0.15) is 65.7 Å². The smallest absolute Gasteiger partial charge is 0.231 e. The molecule has 1 aromatic heterocycles.